The molecule has 5 aliphatic heterocycles. The largest absolute Gasteiger partial charge is 0.383 e. The molecule has 0 aliphatic carbocycles. The van der Waals surface area contributed by atoms with E-state index in [2.05, 4.69) is 113 Å². The first-order valence-electron chi connectivity index (χ1n) is 36.8. The van der Waals surface area contributed by atoms with Gasteiger partial charge in [0.1, 0.15) is 96.2 Å². The molecule has 18 heterocycles. The van der Waals surface area contributed by atoms with Gasteiger partial charge in [-0.2, -0.15) is 20.4 Å². The molecule has 3 atom stereocenters. The first-order chi connectivity index (χ1) is 55.3. The van der Waals surface area contributed by atoms with Crippen molar-refractivity contribution >= 4 is 143 Å². The van der Waals surface area contributed by atoms with Crippen molar-refractivity contribution in [2.75, 3.05) is 77.9 Å². The Bertz CT molecular complexity index is 6060. The summed E-state index contributed by atoms with van der Waals surface area (Å²) in [6.45, 7) is 12.1. The van der Waals surface area contributed by atoms with Gasteiger partial charge in [-0.1, -0.05) is 6.58 Å². The third kappa shape index (κ3) is 17.1. The fourth-order valence-corrected chi connectivity index (χ4v) is 13.5. The van der Waals surface area contributed by atoms with Crippen LogP contribution in [0.4, 0.5) is 83.0 Å². The summed E-state index contributed by atoms with van der Waals surface area (Å²) in [7, 11) is 3.47. The van der Waals surface area contributed by atoms with Crippen molar-refractivity contribution < 1.29 is 32.3 Å². The minimum atomic E-state index is -1.21. The number of nitrogens with two attached hydrogens (primary N) is 4. The summed E-state index contributed by atoms with van der Waals surface area (Å²) in [6, 6.07) is 21.6. The number of pyridine rings is 8. The number of nitrogens with one attached hydrogen (secondary N) is 6. The Morgan fingerprint density at radius 3 is 1.32 bits per heavy atom. The summed E-state index contributed by atoms with van der Waals surface area (Å²) < 4.78 is 50.0. The lowest BCUT2D eigenvalue weighted by Crippen LogP contribution is -2.29. The number of allylic oxidation sites excluding steroid dienone is 1. The molecule has 0 bridgehead atoms. The minimum Gasteiger partial charge on any atom is -0.383 e. The molecule has 35 nitrogen and oxygen atoms in total. The van der Waals surface area contributed by atoms with E-state index in [-0.39, 0.29) is 83.6 Å². The molecule has 13 aromatic rings. The van der Waals surface area contributed by atoms with E-state index in [1.807, 2.05) is 47.4 Å². The van der Waals surface area contributed by atoms with Crippen LogP contribution >= 0.6 is 0 Å². The first kappa shape index (κ1) is 75.9. The van der Waals surface area contributed by atoms with Gasteiger partial charge >= 0.3 is 0 Å². The van der Waals surface area contributed by atoms with E-state index in [1.165, 1.54) is 25.7 Å². The highest BCUT2D eigenvalue weighted by Gasteiger charge is 2.25. The summed E-state index contributed by atoms with van der Waals surface area (Å²) in [5, 5.41) is 41.9. The zero-order valence-electron chi connectivity index (χ0n) is 63.1. The molecule has 5 aliphatic rings. The minimum absolute atomic E-state index is 0.0306. The monoisotopic (exact) mass is 1560 g/mol. The van der Waals surface area contributed by atoms with Crippen LogP contribution in [0.15, 0.2) is 139 Å². The van der Waals surface area contributed by atoms with Crippen molar-refractivity contribution in [2.45, 2.75) is 104 Å². The number of aromatic nitrogens is 18. The molecule has 3 unspecified atom stereocenters. The number of carbonyl (C=O) groups excluding carboxylic acids is 4. The number of nitrogen functional groups attached to an aromatic ring is 4. The zero-order chi connectivity index (χ0) is 80.5. The summed E-state index contributed by atoms with van der Waals surface area (Å²) in [5.74, 6) is 6.36. The fraction of sp³-hybridized carbons (Fsp3) is 0.273. The van der Waals surface area contributed by atoms with Crippen LogP contribution in [0.2, 0.25) is 0 Å². The number of hydrogen-bond donors (Lipinski definition) is 10. The molecule has 14 N–H and O–H groups in total. The molecule has 0 saturated carbocycles. The Balaban J connectivity index is 0.000000121. The zero-order valence-corrected chi connectivity index (χ0v) is 63.1. The number of halogens is 3. The summed E-state index contributed by atoms with van der Waals surface area (Å²) >= 11 is 0. The average Bonchev–Trinajstić information content (AvgIpc) is 1.75. The molecule has 13 aromatic heterocycles. The molecular weight excluding hydrogens is 1480 g/mol. The number of carbonyl (C=O) groups is 4. The van der Waals surface area contributed by atoms with Crippen LogP contribution in [-0.2, 0) is 72.8 Å². The van der Waals surface area contributed by atoms with Crippen molar-refractivity contribution in [1.82, 2.24) is 109 Å². The summed E-state index contributed by atoms with van der Waals surface area (Å²) in [4.78, 5) is 94.2. The van der Waals surface area contributed by atoms with Gasteiger partial charge in [0.15, 0.2) is 23.3 Å². The average molecular weight is 1560 g/mol. The van der Waals surface area contributed by atoms with E-state index in [1.54, 1.807) is 113 Å². The highest BCUT2D eigenvalue weighted by atomic mass is 19.1. The molecule has 38 heteroatoms. The third-order valence-electron chi connectivity index (χ3n) is 19.7. The molecule has 115 heavy (non-hydrogen) atoms. The number of rotatable bonds is 13. The Morgan fingerprint density at radius 2 is 0.896 bits per heavy atom. The Kier molecular flexibility index (Phi) is 21.2. The second-order valence-electron chi connectivity index (χ2n) is 28.1. The van der Waals surface area contributed by atoms with Crippen LogP contribution in [0.25, 0.3) is 43.1 Å². The number of hydrogen-bond acceptors (Lipinski definition) is 26. The van der Waals surface area contributed by atoms with Gasteiger partial charge in [0.25, 0.3) is 5.91 Å². The smallest absolute Gasteiger partial charge is 0.276 e. The number of fused-ring (bicyclic) bond motifs is 9. The molecule has 0 radical (unpaired) electrons. The van der Waals surface area contributed by atoms with Crippen molar-refractivity contribution in [3.8, 4) is 0 Å². The van der Waals surface area contributed by atoms with Crippen molar-refractivity contribution in [1.29, 1.82) is 0 Å². The second-order valence-corrected chi connectivity index (χ2v) is 28.1. The number of aryl methyl sites for hydroxylation is 2. The van der Waals surface area contributed by atoms with Crippen LogP contribution < -0.4 is 54.8 Å². The van der Waals surface area contributed by atoms with Crippen LogP contribution in [0.5, 0.6) is 0 Å². The van der Waals surface area contributed by atoms with Gasteiger partial charge in [0.05, 0.1) is 23.6 Å². The van der Waals surface area contributed by atoms with E-state index < -0.39 is 18.5 Å². The Morgan fingerprint density at radius 1 is 0.504 bits per heavy atom. The fourth-order valence-electron chi connectivity index (χ4n) is 13.5. The molecule has 0 fully saturated rings. The number of likely N-dealkylation sites (N-methyl/N-ethyl adjacent to an activating group) is 1. The molecular formula is C77H80F3N31O4. The normalized spacial score (nSPS) is 15.1. The van der Waals surface area contributed by atoms with Crippen LogP contribution in [0, 0.1) is 0 Å². The lowest BCUT2D eigenvalue weighted by atomic mass is 10.1. The van der Waals surface area contributed by atoms with Crippen molar-refractivity contribution in [3.63, 3.8) is 0 Å². The van der Waals surface area contributed by atoms with E-state index in [0.29, 0.717) is 125 Å². The van der Waals surface area contributed by atoms with Gasteiger partial charge in [-0.05, 0) is 96.4 Å². The standard InChI is InChI=1S/C23H23N9O2.C19H19FN8.C18H20FN7O.C17H18FN7O/c1-13-5-16(10-25-9-13)31(2)23(34)18-6-14-7-19(27-11-17(14)22(24)28-18)29-20-8-15-3-4-26-21(33)12-32(15)30-20;1-11(20)15-6-12-7-16(23-9-14(12)19(21)24-15)25-17-8-13-2-4-27-5-3-22-18(27)10-28(13)26-17;1-10(19)14-5-11-6-15(21-8-13(11)18(20)22-14)23-16-7-12-3-4-25(2)17(27)9-26(12)24-16;1-9(18)13-4-10-5-14(21-7-12(10)17(19)22-13)23-15-6-11-2-3-20-16(26)8-25(11)24-15/h6-11H,1,3-5,12H2,2H3,(H2,24,28)(H,26,33)(H,27,29,30);3,5-9,11H,2,4,10H2,1H3,(H2,21,24)(H,23,25,26);5-8,10H,3-4,9H2,1-2H3,(H2,20,22)(H,21,23,24);4-7,9H,2-3,8H2,1H3,(H2,19,22)(H,20,26)(H,21,23,24). The van der Waals surface area contributed by atoms with Crippen LogP contribution in [0.3, 0.4) is 0 Å². The van der Waals surface area contributed by atoms with E-state index >= 15 is 0 Å². The van der Waals surface area contributed by atoms with Gasteiger partial charge in [-0.15, -0.1) is 0 Å². The Hall–Kier alpha value is -14.5. The highest BCUT2D eigenvalue weighted by molar-refractivity contribution is 6.01. The van der Waals surface area contributed by atoms with Crippen LogP contribution in [-0.4, -0.2) is 162 Å². The lowest BCUT2D eigenvalue weighted by molar-refractivity contribution is -0.130. The number of nitrogens with zero attached hydrogens (tertiary/aromatic N) is 21. The first-order valence-corrected chi connectivity index (χ1v) is 36.8. The maximum atomic E-state index is 13.7. The molecule has 0 aromatic carbocycles. The molecule has 0 saturated heterocycles. The van der Waals surface area contributed by atoms with E-state index in [0.717, 1.165) is 75.4 Å². The number of alkyl halides is 3. The highest BCUT2D eigenvalue weighted by Crippen LogP contribution is 2.33. The molecule has 588 valence electrons. The second kappa shape index (κ2) is 32.1. The van der Waals surface area contributed by atoms with Crippen molar-refractivity contribution in [3.05, 3.63) is 185 Å². The lowest BCUT2D eigenvalue weighted by Gasteiger charge is -2.22. The van der Waals surface area contributed by atoms with Gasteiger partial charge in [-0.3, -0.25) is 42.9 Å². The van der Waals surface area contributed by atoms with E-state index in [9.17, 15) is 32.3 Å². The number of amides is 4. The quantitative estimate of drug-likeness (QED) is 0.0515. The van der Waals surface area contributed by atoms with Gasteiger partial charge in [0, 0.05) is 196 Å². The van der Waals surface area contributed by atoms with Gasteiger partial charge in [0.2, 0.25) is 17.7 Å². The number of imidazole rings is 1. The number of aliphatic imine (C=N–C) groups is 1. The van der Waals surface area contributed by atoms with Gasteiger partial charge < -0.3 is 69.2 Å². The topological polar surface area (TPSA) is 456 Å². The van der Waals surface area contributed by atoms with Crippen LogP contribution in [0.1, 0.15) is 102 Å². The Labute approximate surface area is 653 Å². The molecule has 0 spiro atoms. The maximum Gasteiger partial charge on any atom is 0.276 e. The van der Waals surface area contributed by atoms with Gasteiger partial charge in [-0.25, -0.2) is 58.0 Å². The molecule has 4 amide bonds. The van der Waals surface area contributed by atoms with E-state index in [4.69, 9.17) is 22.9 Å². The third-order valence-corrected chi connectivity index (χ3v) is 19.7. The number of anilines is 12. The molecule has 18 rings (SSSR count). The predicted molar refractivity (Wildman–Crippen MR) is 429 cm³/mol. The summed E-state index contributed by atoms with van der Waals surface area (Å²) in [6.07, 6.45) is 13.5. The SMILES string of the molecule is C=C1C=NC=C(N(C)C(=O)c2cc3cc(Nc4cc5n(n4)CC(=O)NCC5)ncc3c(N)n2)C1.CC(F)c1cc2cc(Nc3cc4n(n3)CC(=O)N(C)CC4)ncc2c(N)n1.CC(F)c1cc2cc(Nc3cc4n(n3)CC(=O)NCC4)ncc2c(N)n1.CC(F)c1cc2cc(Nc3cc4n(n3)Cc3nccn3CC4)ncc2c(N)n1. The predicted octanol–water partition coefficient (Wildman–Crippen LogP) is 8.80. The van der Waals surface area contributed by atoms with Crippen molar-refractivity contribution in [2.24, 2.45) is 4.99 Å². The maximum absolute atomic E-state index is 13.7. The summed E-state index contributed by atoms with van der Waals surface area (Å²) in [5.41, 5.74) is 30.6.